The van der Waals surface area contributed by atoms with Crippen molar-refractivity contribution in [1.82, 2.24) is 0 Å². The molecular formula is C51H58O5. The van der Waals surface area contributed by atoms with E-state index >= 15 is 0 Å². The van der Waals surface area contributed by atoms with Crippen molar-refractivity contribution in [3.63, 3.8) is 0 Å². The minimum absolute atomic E-state index is 0.227. The summed E-state index contributed by atoms with van der Waals surface area (Å²) in [6.07, 6.45) is 15.3. The molecule has 5 nitrogen and oxygen atoms in total. The Morgan fingerprint density at radius 1 is 0.643 bits per heavy atom. The number of esters is 1. The highest BCUT2D eigenvalue weighted by molar-refractivity contribution is 5.89. The summed E-state index contributed by atoms with van der Waals surface area (Å²) in [7, 11) is 0. The molecule has 0 unspecified atom stereocenters. The lowest BCUT2D eigenvalue weighted by Crippen LogP contribution is -2.21. The fourth-order valence-electron chi connectivity index (χ4n) is 7.52. The molecule has 292 valence electrons. The summed E-state index contributed by atoms with van der Waals surface area (Å²) in [6, 6.07) is 44.0. The summed E-state index contributed by atoms with van der Waals surface area (Å²) in [5.41, 5.74) is 6.65. The van der Waals surface area contributed by atoms with Gasteiger partial charge in [0.05, 0.1) is 12.2 Å². The van der Waals surface area contributed by atoms with E-state index in [-0.39, 0.29) is 6.61 Å². The zero-order valence-electron chi connectivity index (χ0n) is 33.2. The molecular weight excluding hydrogens is 693 g/mol. The maximum absolute atomic E-state index is 13.8. The Kier molecular flexibility index (Phi) is 15.9. The van der Waals surface area contributed by atoms with Crippen LogP contribution in [0.4, 0.5) is 0 Å². The summed E-state index contributed by atoms with van der Waals surface area (Å²) >= 11 is 0. The van der Waals surface area contributed by atoms with Crippen molar-refractivity contribution in [2.45, 2.75) is 103 Å². The summed E-state index contributed by atoms with van der Waals surface area (Å²) in [4.78, 5) is 26.0. The molecule has 0 spiro atoms. The van der Waals surface area contributed by atoms with Gasteiger partial charge < -0.3 is 9.47 Å². The highest BCUT2D eigenvalue weighted by Crippen LogP contribution is 2.39. The number of rotatable bonds is 20. The average molecular weight is 751 g/mol. The topological polar surface area (TPSA) is 54.0 Å². The summed E-state index contributed by atoms with van der Waals surface area (Å²) in [6.45, 7) is 5.41. The van der Waals surface area contributed by atoms with Crippen LogP contribution in [0.15, 0.2) is 133 Å². The SMILES string of the molecule is CCCCCC1CCC(c2ccc(C(=O)O[C@@H](c3ccccc3)[C@@H](OOCc3ccc(C=Cc4ccc(OCCCC)cc4)cc3)c3ccccc3)cc2)CC1. The van der Waals surface area contributed by atoms with E-state index < -0.39 is 18.2 Å². The molecule has 56 heavy (non-hydrogen) atoms. The molecule has 1 aliphatic rings. The minimum Gasteiger partial charge on any atom is -0.494 e. The molecule has 5 aromatic rings. The normalized spacial score (nSPS) is 16.7. The van der Waals surface area contributed by atoms with Gasteiger partial charge in [-0.25, -0.2) is 14.6 Å². The predicted molar refractivity (Wildman–Crippen MR) is 227 cm³/mol. The van der Waals surface area contributed by atoms with Crippen LogP contribution >= 0.6 is 0 Å². The highest BCUT2D eigenvalue weighted by Gasteiger charge is 2.31. The third-order valence-electron chi connectivity index (χ3n) is 10.9. The van der Waals surface area contributed by atoms with E-state index in [2.05, 4.69) is 62.4 Å². The lowest BCUT2D eigenvalue weighted by Gasteiger charge is -2.29. The van der Waals surface area contributed by atoms with Crippen molar-refractivity contribution in [2.75, 3.05) is 6.61 Å². The molecule has 1 aliphatic carbocycles. The predicted octanol–water partition coefficient (Wildman–Crippen LogP) is 13.7. The molecule has 0 N–H and O–H groups in total. The van der Waals surface area contributed by atoms with Crippen LogP contribution in [-0.2, 0) is 21.1 Å². The third kappa shape index (κ3) is 12.3. The van der Waals surface area contributed by atoms with Crippen LogP contribution in [0.3, 0.4) is 0 Å². The second-order valence-corrected chi connectivity index (χ2v) is 15.1. The van der Waals surface area contributed by atoms with Crippen LogP contribution in [0.2, 0.25) is 0 Å². The summed E-state index contributed by atoms with van der Waals surface area (Å²) in [5.74, 6) is 1.92. The summed E-state index contributed by atoms with van der Waals surface area (Å²) < 4.78 is 12.1. The number of unbranched alkanes of at least 4 members (excludes halogenated alkanes) is 3. The molecule has 1 fully saturated rings. The van der Waals surface area contributed by atoms with Crippen molar-refractivity contribution >= 4 is 18.1 Å². The van der Waals surface area contributed by atoms with E-state index in [1.54, 1.807) is 0 Å². The van der Waals surface area contributed by atoms with Gasteiger partial charge in [-0.3, -0.25) is 0 Å². The van der Waals surface area contributed by atoms with E-state index in [1.807, 2.05) is 97.1 Å². The first kappa shape index (κ1) is 40.7. The van der Waals surface area contributed by atoms with Gasteiger partial charge >= 0.3 is 5.97 Å². The second kappa shape index (κ2) is 21.9. The van der Waals surface area contributed by atoms with E-state index in [0.29, 0.717) is 11.5 Å². The molecule has 0 saturated heterocycles. The van der Waals surface area contributed by atoms with Gasteiger partial charge in [0, 0.05) is 0 Å². The number of carbonyl (C=O) groups excluding carboxylic acids is 1. The molecule has 0 bridgehead atoms. The van der Waals surface area contributed by atoms with E-state index in [0.717, 1.165) is 58.9 Å². The fourth-order valence-corrected chi connectivity index (χ4v) is 7.52. The van der Waals surface area contributed by atoms with Crippen molar-refractivity contribution in [2.24, 2.45) is 5.92 Å². The van der Waals surface area contributed by atoms with Crippen LogP contribution < -0.4 is 4.74 Å². The van der Waals surface area contributed by atoms with Gasteiger partial charge in [0.1, 0.15) is 12.4 Å². The number of benzene rings is 5. The van der Waals surface area contributed by atoms with Crippen LogP contribution in [0.1, 0.15) is 140 Å². The first-order chi connectivity index (χ1) is 27.6. The van der Waals surface area contributed by atoms with Gasteiger partial charge in [-0.15, -0.1) is 0 Å². The Hall–Kier alpha value is -4.97. The fraction of sp³-hybridized carbons (Fsp3) is 0.353. The number of carbonyl (C=O) groups is 1. The largest absolute Gasteiger partial charge is 0.494 e. The second-order valence-electron chi connectivity index (χ2n) is 15.1. The molecule has 0 radical (unpaired) electrons. The third-order valence-corrected chi connectivity index (χ3v) is 10.9. The molecule has 0 aliphatic heterocycles. The lowest BCUT2D eigenvalue weighted by molar-refractivity contribution is -0.350. The molecule has 0 heterocycles. The van der Waals surface area contributed by atoms with E-state index in [1.165, 1.54) is 56.9 Å². The molecule has 0 aromatic heterocycles. The van der Waals surface area contributed by atoms with Gasteiger partial charge in [0.15, 0.2) is 12.2 Å². The average Bonchev–Trinajstić information content (AvgIpc) is 3.26. The zero-order valence-corrected chi connectivity index (χ0v) is 33.2. The molecule has 1 saturated carbocycles. The van der Waals surface area contributed by atoms with Crippen molar-refractivity contribution in [3.05, 3.63) is 172 Å². The van der Waals surface area contributed by atoms with Crippen LogP contribution in [0, 0.1) is 5.92 Å². The Morgan fingerprint density at radius 3 is 1.84 bits per heavy atom. The van der Waals surface area contributed by atoms with E-state index in [9.17, 15) is 4.79 Å². The number of ether oxygens (including phenoxy) is 2. The molecule has 5 heteroatoms. The van der Waals surface area contributed by atoms with Crippen molar-refractivity contribution in [3.8, 4) is 5.75 Å². The van der Waals surface area contributed by atoms with Gasteiger partial charge in [-0.2, -0.15) is 0 Å². The van der Waals surface area contributed by atoms with Gasteiger partial charge in [0.2, 0.25) is 0 Å². The number of hydrogen-bond donors (Lipinski definition) is 0. The maximum Gasteiger partial charge on any atom is 0.338 e. The Bertz CT molecular complexity index is 1880. The monoisotopic (exact) mass is 750 g/mol. The molecule has 5 aromatic carbocycles. The first-order valence-electron chi connectivity index (χ1n) is 20.8. The first-order valence-corrected chi connectivity index (χ1v) is 20.8. The minimum atomic E-state index is -0.752. The standard InChI is InChI=1S/C51H58O5/c1-3-5-9-14-39-25-29-43(30-26-39)44-31-33-47(34-32-44)51(52)55-49(45-15-10-7-11-16-45)50(46-17-12-8-13-18-46)56-54-38-42-23-21-40(22-24-42)19-20-41-27-35-48(36-28-41)53-37-6-4-2/h7-8,10-13,15-24,27-28,31-36,39,43,49-50H,3-6,9,14,25-26,29-30,37-38H2,1-2H3/t39?,43?,49-,50-/m0/s1. The van der Waals surface area contributed by atoms with Crippen LogP contribution in [-0.4, -0.2) is 12.6 Å². The smallest absolute Gasteiger partial charge is 0.338 e. The van der Waals surface area contributed by atoms with Crippen molar-refractivity contribution in [1.29, 1.82) is 0 Å². The van der Waals surface area contributed by atoms with E-state index in [4.69, 9.17) is 19.2 Å². The van der Waals surface area contributed by atoms with Gasteiger partial charge in [0.25, 0.3) is 0 Å². The van der Waals surface area contributed by atoms with Gasteiger partial charge in [-0.05, 0) is 102 Å². The Morgan fingerprint density at radius 2 is 1.23 bits per heavy atom. The Labute approximate surface area is 334 Å². The maximum atomic E-state index is 13.8. The van der Waals surface area contributed by atoms with Crippen LogP contribution in [0.25, 0.3) is 12.2 Å². The number of hydrogen-bond acceptors (Lipinski definition) is 5. The zero-order chi connectivity index (χ0) is 38.8. The highest BCUT2D eigenvalue weighted by atomic mass is 17.2. The summed E-state index contributed by atoms with van der Waals surface area (Å²) in [5, 5.41) is 0. The Balaban J connectivity index is 1.08. The van der Waals surface area contributed by atoms with Gasteiger partial charge in [-0.1, -0.05) is 167 Å². The van der Waals surface area contributed by atoms with Crippen LogP contribution in [0.5, 0.6) is 5.75 Å². The van der Waals surface area contributed by atoms with Crippen molar-refractivity contribution < 1.29 is 24.0 Å². The quantitative estimate of drug-likeness (QED) is 0.0261. The molecule has 2 atom stereocenters. The molecule has 0 amide bonds. The lowest BCUT2D eigenvalue weighted by atomic mass is 9.77. The molecule has 6 rings (SSSR count).